The first-order valence-corrected chi connectivity index (χ1v) is 13.4. The van der Waals surface area contributed by atoms with E-state index < -0.39 is 7.60 Å². The first kappa shape index (κ1) is 27.1. The summed E-state index contributed by atoms with van der Waals surface area (Å²) in [6.07, 6.45) is 17.5. The van der Waals surface area contributed by atoms with Crippen LogP contribution in [0.25, 0.3) is 0 Å². The molecule has 27 heavy (non-hydrogen) atoms. The summed E-state index contributed by atoms with van der Waals surface area (Å²) in [6.45, 7) is 8.70. The molecule has 0 heterocycles. The van der Waals surface area contributed by atoms with Gasteiger partial charge in [-0.05, 0) is 19.3 Å². The van der Waals surface area contributed by atoms with Gasteiger partial charge in [0.05, 0.1) is 26.0 Å². The van der Waals surface area contributed by atoms with E-state index in [4.69, 9.17) is 13.8 Å². The maximum atomic E-state index is 12.7. The van der Waals surface area contributed by atoms with Gasteiger partial charge in [-0.15, -0.1) is 0 Å². The minimum atomic E-state index is -2.99. The van der Waals surface area contributed by atoms with E-state index in [9.17, 15) is 4.57 Å². The van der Waals surface area contributed by atoms with Gasteiger partial charge in [-0.3, -0.25) is 4.57 Å². The molecule has 0 aliphatic heterocycles. The molecule has 0 aliphatic rings. The molecule has 0 bridgehead atoms. The van der Waals surface area contributed by atoms with Crippen LogP contribution < -0.4 is 0 Å². The predicted molar refractivity (Wildman–Crippen MR) is 117 cm³/mol. The third-order valence-electron chi connectivity index (χ3n) is 4.72. The maximum absolute atomic E-state index is 12.7. The van der Waals surface area contributed by atoms with Crippen LogP contribution in [0.4, 0.5) is 0 Å². The largest absolute Gasteiger partial charge is 0.381 e. The van der Waals surface area contributed by atoms with Crippen LogP contribution in [0.3, 0.4) is 0 Å². The lowest BCUT2D eigenvalue weighted by Crippen LogP contribution is -2.08. The van der Waals surface area contributed by atoms with Gasteiger partial charge in [0, 0.05) is 6.61 Å². The molecule has 0 amide bonds. The van der Waals surface area contributed by atoms with Crippen molar-refractivity contribution in [3.63, 3.8) is 0 Å². The van der Waals surface area contributed by atoms with Crippen molar-refractivity contribution in [2.45, 2.75) is 111 Å². The topological polar surface area (TPSA) is 44.8 Å². The Bertz CT molecular complexity index is 322. The molecule has 0 radical (unpaired) electrons. The van der Waals surface area contributed by atoms with Crippen LogP contribution in [0.5, 0.6) is 0 Å². The second-order valence-electron chi connectivity index (χ2n) is 7.50. The highest BCUT2D eigenvalue weighted by Crippen LogP contribution is 2.48. The fraction of sp³-hybridized carbons (Fsp3) is 1.00. The van der Waals surface area contributed by atoms with Gasteiger partial charge in [0.25, 0.3) is 0 Å². The molecule has 0 atom stereocenters. The Morgan fingerprint density at radius 2 is 0.963 bits per heavy atom. The monoisotopic (exact) mass is 406 g/mol. The first-order valence-electron chi connectivity index (χ1n) is 11.6. The summed E-state index contributed by atoms with van der Waals surface area (Å²) in [6, 6.07) is 0. The molecule has 164 valence electrons. The normalized spacial score (nSPS) is 12.0. The van der Waals surface area contributed by atoms with E-state index in [2.05, 4.69) is 20.8 Å². The number of ether oxygens (including phenoxy) is 1. The molecule has 0 aromatic rings. The molecule has 0 rings (SSSR count). The fourth-order valence-electron chi connectivity index (χ4n) is 2.83. The summed E-state index contributed by atoms with van der Waals surface area (Å²) in [7, 11) is -2.99. The molecular weight excluding hydrogens is 359 g/mol. The summed E-state index contributed by atoms with van der Waals surface area (Å²) < 4.78 is 29.6. The lowest BCUT2D eigenvalue weighted by atomic mass is 10.1. The first-order chi connectivity index (χ1) is 13.2. The van der Waals surface area contributed by atoms with E-state index in [1.54, 1.807) is 0 Å². The zero-order valence-electron chi connectivity index (χ0n) is 18.5. The van der Waals surface area contributed by atoms with Gasteiger partial charge < -0.3 is 13.8 Å². The zero-order valence-corrected chi connectivity index (χ0v) is 19.4. The standard InChI is InChI=1S/C22H47O4P/c1-4-7-10-11-12-13-14-15-16-17-18-24-21-22-27(23,25-19-8-5-2)26-20-9-6-3/h4-22H2,1-3H3. The van der Waals surface area contributed by atoms with E-state index in [1.807, 2.05) is 0 Å². The van der Waals surface area contributed by atoms with Crippen molar-refractivity contribution >= 4 is 7.60 Å². The van der Waals surface area contributed by atoms with Crippen molar-refractivity contribution < 1.29 is 18.3 Å². The Morgan fingerprint density at radius 1 is 0.519 bits per heavy atom. The van der Waals surface area contributed by atoms with Gasteiger partial charge >= 0.3 is 7.60 Å². The molecule has 0 saturated carbocycles. The molecule has 0 aliphatic carbocycles. The van der Waals surface area contributed by atoms with Crippen molar-refractivity contribution in [1.82, 2.24) is 0 Å². The third kappa shape index (κ3) is 19.2. The van der Waals surface area contributed by atoms with Gasteiger partial charge in [0.2, 0.25) is 0 Å². The molecule has 0 aromatic heterocycles. The molecule has 5 heteroatoms. The molecule has 0 saturated heterocycles. The van der Waals surface area contributed by atoms with Crippen LogP contribution >= 0.6 is 7.60 Å². The van der Waals surface area contributed by atoms with Crippen LogP contribution in [0, 0.1) is 0 Å². The number of unbranched alkanes of at least 4 members (excludes halogenated alkanes) is 11. The number of hydrogen-bond donors (Lipinski definition) is 0. The molecule has 0 fully saturated rings. The van der Waals surface area contributed by atoms with Gasteiger partial charge in [0.15, 0.2) is 0 Å². The summed E-state index contributed by atoms with van der Waals surface area (Å²) in [5.41, 5.74) is 0. The third-order valence-corrected chi connectivity index (χ3v) is 6.61. The Kier molecular flexibility index (Phi) is 20.9. The average Bonchev–Trinajstić information content (AvgIpc) is 2.66. The molecule has 0 spiro atoms. The van der Waals surface area contributed by atoms with Crippen LogP contribution in [-0.2, 0) is 18.3 Å². The Labute approximate surface area is 169 Å². The predicted octanol–water partition coefficient (Wildman–Crippen LogP) is 7.75. The van der Waals surface area contributed by atoms with Crippen molar-refractivity contribution in [1.29, 1.82) is 0 Å². The smallest absolute Gasteiger partial charge is 0.332 e. The van der Waals surface area contributed by atoms with Crippen molar-refractivity contribution in [3.05, 3.63) is 0 Å². The average molecular weight is 407 g/mol. The second kappa shape index (κ2) is 20.8. The van der Waals surface area contributed by atoms with Crippen LogP contribution in [0.15, 0.2) is 0 Å². The number of rotatable bonds is 22. The highest BCUT2D eigenvalue weighted by Gasteiger charge is 2.23. The van der Waals surface area contributed by atoms with Gasteiger partial charge in [-0.1, -0.05) is 91.4 Å². The summed E-state index contributed by atoms with van der Waals surface area (Å²) >= 11 is 0. The quantitative estimate of drug-likeness (QED) is 0.136. The Hall–Kier alpha value is 0.110. The molecule has 4 nitrogen and oxygen atoms in total. The molecule has 0 unspecified atom stereocenters. The fourth-order valence-corrected chi connectivity index (χ4v) is 4.33. The van der Waals surface area contributed by atoms with E-state index in [1.165, 1.54) is 57.8 Å². The van der Waals surface area contributed by atoms with Gasteiger partial charge in [-0.25, -0.2) is 0 Å². The van der Waals surface area contributed by atoms with Gasteiger partial charge in [-0.2, -0.15) is 0 Å². The van der Waals surface area contributed by atoms with Crippen LogP contribution in [0.1, 0.15) is 111 Å². The highest BCUT2D eigenvalue weighted by atomic mass is 31.2. The summed E-state index contributed by atoms with van der Waals surface area (Å²) in [5.74, 6) is 0. The Balaban J connectivity index is 3.62. The number of hydrogen-bond acceptors (Lipinski definition) is 4. The SMILES string of the molecule is CCCCCCCCCCCCOCCP(=O)(OCCCC)OCCCC. The minimum Gasteiger partial charge on any atom is -0.381 e. The molecular formula is C22H47O4P. The van der Waals surface area contributed by atoms with E-state index >= 15 is 0 Å². The summed E-state index contributed by atoms with van der Waals surface area (Å²) in [5, 5.41) is 0. The molecule has 0 N–H and O–H groups in total. The highest BCUT2D eigenvalue weighted by molar-refractivity contribution is 7.53. The van der Waals surface area contributed by atoms with E-state index in [0.29, 0.717) is 26.0 Å². The van der Waals surface area contributed by atoms with Crippen molar-refractivity contribution in [3.8, 4) is 0 Å². The van der Waals surface area contributed by atoms with Crippen LogP contribution in [0.2, 0.25) is 0 Å². The lowest BCUT2D eigenvalue weighted by Gasteiger charge is -2.18. The van der Waals surface area contributed by atoms with Crippen molar-refractivity contribution in [2.75, 3.05) is 32.6 Å². The maximum Gasteiger partial charge on any atom is 0.332 e. The van der Waals surface area contributed by atoms with Crippen LogP contribution in [-0.4, -0.2) is 32.6 Å². The van der Waals surface area contributed by atoms with Crippen molar-refractivity contribution in [2.24, 2.45) is 0 Å². The van der Waals surface area contributed by atoms with E-state index in [0.717, 1.165) is 38.7 Å². The Morgan fingerprint density at radius 3 is 1.44 bits per heavy atom. The van der Waals surface area contributed by atoms with Gasteiger partial charge in [0.1, 0.15) is 0 Å². The van der Waals surface area contributed by atoms with E-state index in [-0.39, 0.29) is 0 Å². The minimum absolute atomic E-state index is 0.373. The lowest BCUT2D eigenvalue weighted by molar-refractivity contribution is 0.133. The second-order valence-corrected chi connectivity index (χ2v) is 9.69. The zero-order chi connectivity index (χ0) is 20.1. The summed E-state index contributed by atoms with van der Waals surface area (Å²) in [4.78, 5) is 0. The molecule has 0 aromatic carbocycles.